The third kappa shape index (κ3) is 4.80. The van der Waals surface area contributed by atoms with Crippen LogP contribution in [0.25, 0.3) is 0 Å². The second-order valence-electron chi connectivity index (χ2n) is 7.66. The highest BCUT2D eigenvalue weighted by Crippen LogP contribution is 2.27. The van der Waals surface area contributed by atoms with Crippen LogP contribution >= 0.6 is 11.3 Å². The number of aromatic nitrogens is 1. The van der Waals surface area contributed by atoms with Crippen molar-refractivity contribution in [1.82, 2.24) is 10.3 Å². The average molecular weight is 456 g/mol. The van der Waals surface area contributed by atoms with E-state index in [4.69, 9.17) is 0 Å². The van der Waals surface area contributed by atoms with E-state index in [1.165, 1.54) is 53.6 Å². The fourth-order valence-corrected chi connectivity index (χ4v) is 6.10. The highest BCUT2D eigenvalue weighted by molar-refractivity contribution is 7.93. The van der Waals surface area contributed by atoms with Gasteiger partial charge >= 0.3 is 0 Å². The summed E-state index contributed by atoms with van der Waals surface area (Å²) < 4.78 is 27.5. The molecule has 0 saturated carbocycles. The molecule has 1 aliphatic rings. The Hall–Kier alpha value is -2.71. The quantitative estimate of drug-likeness (QED) is 0.582. The van der Waals surface area contributed by atoms with Gasteiger partial charge in [-0.25, -0.2) is 17.7 Å². The Kier molecular flexibility index (Phi) is 6.38. The number of rotatable bonds is 7. The molecule has 1 amide bonds. The standard InChI is InChI=1S/C23H25N3O3S2/c1-17(19-12-11-18-7-5-6-8-20(18)15-19)25-22(27)16-26(23-24-13-14-30-23)31(28,29)21-9-3-2-4-10-21/h2-4,9-15,17H,5-8,16H2,1H3,(H,25,27). The molecule has 0 bridgehead atoms. The maximum atomic E-state index is 13.2. The van der Waals surface area contributed by atoms with Gasteiger partial charge in [0.15, 0.2) is 5.13 Å². The maximum absolute atomic E-state index is 13.2. The number of carbonyl (C=O) groups excluding carboxylic acids is 1. The normalized spacial score (nSPS) is 14.5. The molecule has 6 nitrogen and oxygen atoms in total. The molecule has 0 saturated heterocycles. The van der Waals surface area contributed by atoms with Gasteiger partial charge in [0.05, 0.1) is 10.9 Å². The van der Waals surface area contributed by atoms with E-state index in [2.05, 4.69) is 28.5 Å². The first-order valence-electron chi connectivity index (χ1n) is 10.3. The van der Waals surface area contributed by atoms with Crippen LogP contribution in [0.5, 0.6) is 0 Å². The lowest BCUT2D eigenvalue weighted by Gasteiger charge is -2.23. The number of nitrogens with one attached hydrogen (secondary N) is 1. The summed E-state index contributed by atoms with van der Waals surface area (Å²) in [6.45, 7) is 1.59. The van der Waals surface area contributed by atoms with E-state index in [0.717, 1.165) is 22.7 Å². The summed E-state index contributed by atoms with van der Waals surface area (Å²) >= 11 is 1.18. The highest BCUT2D eigenvalue weighted by atomic mass is 32.2. The first kappa shape index (κ1) is 21.5. The van der Waals surface area contributed by atoms with Crippen LogP contribution in [0.15, 0.2) is 65.0 Å². The van der Waals surface area contributed by atoms with Gasteiger partial charge in [0.1, 0.15) is 6.54 Å². The predicted molar refractivity (Wildman–Crippen MR) is 123 cm³/mol. The van der Waals surface area contributed by atoms with Gasteiger partial charge in [0, 0.05) is 11.6 Å². The van der Waals surface area contributed by atoms with Crippen LogP contribution in [0.1, 0.15) is 42.5 Å². The fraction of sp³-hybridized carbons (Fsp3) is 0.304. The Morgan fingerprint density at radius 1 is 1.13 bits per heavy atom. The third-order valence-electron chi connectivity index (χ3n) is 5.50. The molecule has 1 N–H and O–H groups in total. The lowest BCUT2D eigenvalue weighted by atomic mass is 9.89. The number of carbonyl (C=O) groups is 1. The van der Waals surface area contributed by atoms with E-state index in [-0.39, 0.29) is 28.5 Å². The lowest BCUT2D eigenvalue weighted by molar-refractivity contribution is -0.120. The SMILES string of the molecule is CC(NC(=O)CN(c1nccs1)S(=O)(=O)c1ccccc1)c1ccc2c(c1)CCCC2. The molecule has 0 fully saturated rings. The van der Waals surface area contributed by atoms with Crippen molar-refractivity contribution in [1.29, 1.82) is 0 Å². The molecular formula is C23H25N3O3S2. The van der Waals surface area contributed by atoms with Gasteiger partial charge in [0.2, 0.25) is 5.91 Å². The minimum absolute atomic E-state index is 0.126. The summed E-state index contributed by atoms with van der Waals surface area (Å²) in [5.41, 5.74) is 3.76. The Labute approximate surface area is 187 Å². The lowest BCUT2D eigenvalue weighted by Crippen LogP contribution is -2.41. The first-order chi connectivity index (χ1) is 14.9. The van der Waals surface area contributed by atoms with E-state index >= 15 is 0 Å². The number of thiazole rings is 1. The zero-order valence-electron chi connectivity index (χ0n) is 17.3. The number of hydrogen-bond donors (Lipinski definition) is 1. The van der Waals surface area contributed by atoms with E-state index in [9.17, 15) is 13.2 Å². The van der Waals surface area contributed by atoms with Crippen LogP contribution < -0.4 is 9.62 Å². The van der Waals surface area contributed by atoms with E-state index < -0.39 is 10.0 Å². The van der Waals surface area contributed by atoms with Crippen LogP contribution in [0.4, 0.5) is 5.13 Å². The molecule has 1 aliphatic carbocycles. The largest absolute Gasteiger partial charge is 0.348 e. The van der Waals surface area contributed by atoms with Gasteiger partial charge in [0.25, 0.3) is 10.0 Å². The summed E-state index contributed by atoms with van der Waals surface area (Å²) in [5.74, 6) is -0.375. The molecule has 0 aliphatic heterocycles. The van der Waals surface area contributed by atoms with Crippen LogP contribution in [-0.4, -0.2) is 25.9 Å². The number of benzene rings is 2. The molecule has 31 heavy (non-hydrogen) atoms. The minimum atomic E-state index is -3.91. The first-order valence-corrected chi connectivity index (χ1v) is 12.7. The van der Waals surface area contributed by atoms with E-state index in [0.29, 0.717) is 0 Å². The molecule has 1 aromatic heterocycles. The van der Waals surface area contributed by atoms with Gasteiger partial charge in [-0.3, -0.25) is 4.79 Å². The molecule has 0 spiro atoms. The molecule has 1 heterocycles. The highest BCUT2D eigenvalue weighted by Gasteiger charge is 2.29. The van der Waals surface area contributed by atoms with Crippen LogP contribution in [0, 0.1) is 0 Å². The van der Waals surface area contributed by atoms with E-state index in [1.807, 2.05) is 6.92 Å². The van der Waals surface area contributed by atoms with Crippen molar-refractivity contribution in [3.63, 3.8) is 0 Å². The zero-order chi connectivity index (χ0) is 21.8. The van der Waals surface area contributed by atoms with Crippen molar-refractivity contribution >= 4 is 32.4 Å². The smallest absolute Gasteiger partial charge is 0.266 e. The van der Waals surface area contributed by atoms with Crippen molar-refractivity contribution in [3.8, 4) is 0 Å². The van der Waals surface area contributed by atoms with Crippen molar-refractivity contribution < 1.29 is 13.2 Å². The Balaban J connectivity index is 1.52. The Morgan fingerprint density at radius 2 is 1.87 bits per heavy atom. The maximum Gasteiger partial charge on any atom is 0.266 e. The van der Waals surface area contributed by atoms with Crippen molar-refractivity contribution in [2.24, 2.45) is 0 Å². The van der Waals surface area contributed by atoms with Crippen LogP contribution in [0.3, 0.4) is 0 Å². The second-order valence-corrected chi connectivity index (χ2v) is 10.4. The average Bonchev–Trinajstić information content (AvgIpc) is 3.32. The van der Waals surface area contributed by atoms with Gasteiger partial charge < -0.3 is 5.32 Å². The molecule has 1 atom stereocenters. The molecule has 162 valence electrons. The number of amides is 1. The topological polar surface area (TPSA) is 79.4 Å². The summed E-state index contributed by atoms with van der Waals surface area (Å²) in [4.78, 5) is 17.1. The summed E-state index contributed by atoms with van der Waals surface area (Å²) in [6.07, 6.45) is 6.12. The molecule has 8 heteroatoms. The summed E-state index contributed by atoms with van der Waals surface area (Å²) in [7, 11) is -3.91. The zero-order valence-corrected chi connectivity index (χ0v) is 19.0. The van der Waals surface area contributed by atoms with Gasteiger partial charge in [-0.05, 0) is 61.4 Å². The molecule has 0 radical (unpaired) electrons. The van der Waals surface area contributed by atoms with E-state index in [1.54, 1.807) is 23.6 Å². The molecule has 2 aromatic carbocycles. The van der Waals surface area contributed by atoms with Crippen molar-refractivity contribution in [2.75, 3.05) is 10.8 Å². The number of nitrogens with zero attached hydrogens (tertiary/aromatic N) is 2. The Morgan fingerprint density at radius 3 is 2.58 bits per heavy atom. The predicted octanol–water partition coefficient (Wildman–Crippen LogP) is 4.09. The molecule has 1 unspecified atom stereocenters. The number of sulfonamides is 1. The van der Waals surface area contributed by atoms with Gasteiger partial charge in [-0.2, -0.15) is 0 Å². The number of fused-ring (bicyclic) bond motifs is 1. The van der Waals surface area contributed by atoms with Gasteiger partial charge in [-0.1, -0.05) is 36.4 Å². The monoisotopic (exact) mass is 455 g/mol. The summed E-state index contributed by atoms with van der Waals surface area (Å²) in [5, 5.41) is 4.91. The molecular weight excluding hydrogens is 430 g/mol. The Bertz CT molecular complexity index is 1150. The van der Waals surface area contributed by atoms with Crippen LogP contribution in [0.2, 0.25) is 0 Å². The van der Waals surface area contributed by atoms with Crippen molar-refractivity contribution in [3.05, 3.63) is 76.8 Å². The van der Waals surface area contributed by atoms with Crippen molar-refractivity contribution in [2.45, 2.75) is 43.5 Å². The summed E-state index contributed by atoms with van der Waals surface area (Å²) in [6, 6.07) is 14.2. The molecule has 3 aromatic rings. The number of aryl methyl sites for hydroxylation is 2. The van der Waals surface area contributed by atoms with Crippen LogP contribution in [-0.2, 0) is 27.7 Å². The van der Waals surface area contributed by atoms with Gasteiger partial charge in [-0.15, -0.1) is 11.3 Å². The molecule has 4 rings (SSSR count). The number of anilines is 1. The second kappa shape index (κ2) is 9.20. The number of hydrogen-bond acceptors (Lipinski definition) is 5. The third-order valence-corrected chi connectivity index (χ3v) is 8.16. The fourth-order valence-electron chi connectivity index (χ4n) is 3.84. The minimum Gasteiger partial charge on any atom is -0.348 e.